The lowest BCUT2D eigenvalue weighted by molar-refractivity contribution is 0.101. The molecule has 0 aromatic carbocycles. The van der Waals surface area contributed by atoms with Crippen LogP contribution >= 0.6 is 39.1 Å². The van der Waals surface area contributed by atoms with Crippen LogP contribution in [-0.2, 0) is 7.05 Å². The van der Waals surface area contributed by atoms with Crippen LogP contribution in [0.1, 0.15) is 10.5 Å². The number of aryl methyl sites for hydroxylation is 1. The Morgan fingerprint density at radius 3 is 2.78 bits per heavy atom. The van der Waals surface area contributed by atoms with Gasteiger partial charge in [-0.05, 0) is 22.0 Å². The second-order valence-corrected chi connectivity index (χ2v) is 5.09. The number of carbonyl (C=O) groups excluding carboxylic acids is 1. The molecule has 94 valence electrons. The van der Waals surface area contributed by atoms with E-state index in [-0.39, 0.29) is 21.9 Å². The Labute approximate surface area is 121 Å². The number of halogens is 3. The summed E-state index contributed by atoms with van der Waals surface area (Å²) in [7, 11) is 1.76. The Balaban J connectivity index is 2.27. The van der Waals surface area contributed by atoms with E-state index in [1.807, 2.05) is 0 Å². The van der Waals surface area contributed by atoms with Crippen LogP contribution in [0.2, 0.25) is 10.2 Å². The highest BCUT2D eigenvalue weighted by Gasteiger charge is 2.15. The van der Waals surface area contributed by atoms with E-state index in [0.717, 1.165) is 4.47 Å². The van der Waals surface area contributed by atoms with E-state index in [4.69, 9.17) is 23.2 Å². The zero-order chi connectivity index (χ0) is 13.3. The second kappa shape index (κ2) is 5.26. The van der Waals surface area contributed by atoms with E-state index in [0.29, 0.717) is 5.69 Å². The summed E-state index contributed by atoms with van der Waals surface area (Å²) in [6.45, 7) is 0. The monoisotopic (exact) mass is 348 g/mol. The van der Waals surface area contributed by atoms with Gasteiger partial charge in [-0.1, -0.05) is 23.2 Å². The van der Waals surface area contributed by atoms with Crippen LogP contribution in [0, 0.1) is 0 Å². The minimum Gasteiger partial charge on any atom is -0.345 e. The van der Waals surface area contributed by atoms with E-state index in [2.05, 4.69) is 31.2 Å². The van der Waals surface area contributed by atoms with Gasteiger partial charge >= 0.3 is 0 Å². The maximum atomic E-state index is 12.0. The van der Waals surface area contributed by atoms with Crippen molar-refractivity contribution in [1.29, 1.82) is 0 Å². The molecule has 2 aromatic rings. The number of anilines is 1. The highest BCUT2D eigenvalue weighted by Crippen LogP contribution is 2.26. The molecule has 18 heavy (non-hydrogen) atoms. The molecule has 0 radical (unpaired) electrons. The molecule has 1 N–H and O–H groups in total. The molecular formula is C10H7BrCl2N4O. The first-order valence-corrected chi connectivity index (χ1v) is 6.33. The third-order valence-electron chi connectivity index (χ3n) is 2.18. The van der Waals surface area contributed by atoms with Gasteiger partial charge in [0.1, 0.15) is 17.0 Å². The fourth-order valence-corrected chi connectivity index (χ4v) is 2.16. The minimum atomic E-state index is -0.333. The molecule has 2 heterocycles. The van der Waals surface area contributed by atoms with Crippen LogP contribution in [0.5, 0.6) is 0 Å². The molecule has 0 saturated heterocycles. The normalized spacial score (nSPS) is 10.4. The number of rotatable bonds is 2. The van der Waals surface area contributed by atoms with Gasteiger partial charge in [-0.15, -0.1) is 0 Å². The van der Waals surface area contributed by atoms with Crippen LogP contribution in [0.3, 0.4) is 0 Å². The summed E-state index contributed by atoms with van der Waals surface area (Å²) in [6.07, 6.45) is 2.99. The molecule has 0 aliphatic heterocycles. The van der Waals surface area contributed by atoms with Gasteiger partial charge in [0.25, 0.3) is 5.91 Å². The highest BCUT2D eigenvalue weighted by molar-refractivity contribution is 9.10. The Morgan fingerprint density at radius 1 is 1.44 bits per heavy atom. The number of aromatic nitrogens is 3. The summed E-state index contributed by atoms with van der Waals surface area (Å²) >= 11 is 14.9. The molecule has 0 atom stereocenters. The number of nitrogens with zero attached hydrogens (tertiary/aromatic N) is 3. The predicted molar refractivity (Wildman–Crippen MR) is 73.1 cm³/mol. The average molecular weight is 350 g/mol. The van der Waals surface area contributed by atoms with Crippen molar-refractivity contribution in [3.05, 3.63) is 38.9 Å². The molecule has 0 fully saturated rings. The molecule has 5 nitrogen and oxygen atoms in total. The molecule has 0 unspecified atom stereocenters. The smallest absolute Gasteiger partial charge is 0.273 e. The van der Waals surface area contributed by atoms with Crippen LogP contribution in [0.25, 0.3) is 0 Å². The standard InChI is InChI=1S/C10H7BrCl2N4O/c1-17-3-5(11)2-6(17)10(18)16-9-7(12)8(13)14-4-15-9/h2-4H,1H3,(H,14,15,16,18). The number of hydrogen-bond acceptors (Lipinski definition) is 3. The number of nitrogens with one attached hydrogen (secondary N) is 1. The molecule has 0 aliphatic carbocycles. The lowest BCUT2D eigenvalue weighted by Crippen LogP contribution is -2.16. The molecule has 1 amide bonds. The van der Waals surface area contributed by atoms with Crippen molar-refractivity contribution in [2.75, 3.05) is 5.32 Å². The summed E-state index contributed by atoms with van der Waals surface area (Å²) in [5, 5.41) is 2.78. The summed E-state index contributed by atoms with van der Waals surface area (Å²) in [5.74, 6) is -0.154. The van der Waals surface area contributed by atoms with Crippen LogP contribution < -0.4 is 5.32 Å². The zero-order valence-electron chi connectivity index (χ0n) is 9.12. The van der Waals surface area contributed by atoms with Gasteiger partial charge in [-0.2, -0.15) is 0 Å². The molecular weight excluding hydrogens is 343 g/mol. The van der Waals surface area contributed by atoms with Gasteiger partial charge in [-0.3, -0.25) is 4.79 Å². The molecule has 8 heteroatoms. The van der Waals surface area contributed by atoms with Gasteiger partial charge in [0.15, 0.2) is 11.0 Å². The summed E-state index contributed by atoms with van der Waals surface area (Å²) in [4.78, 5) is 19.6. The first kappa shape index (κ1) is 13.3. The Kier molecular flexibility index (Phi) is 3.89. The lowest BCUT2D eigenvalue weighted by atomic mass is 10.4. The average Bonchev–Trinajstić information content (AvgIpc) is 2.64. The van der Waals surface area contributed by atoms with E-state index >= 15 is 0 Å². The fourth-order valence-electron chi connectivity index (χ4n) is 1.36. The lowest BCUT2D eigenvalue weighted by Gasteiger charge is -2.06. The maximum absolute atomic E-state index is 12.0. The third kappa shape index (κ3) is 2.66. The second-order valence-electron chi connectivity index (χ2n) is 3.44. The maximum Gasteiger partial charge on any atom is 0.273 e. The van der Waals surface area contributed by atoms with Gasteiger partial charge in [-0.25, -0.2) is 9.97 Å². The predicted octanol–water partition coefficient (Wildman–Crippen LogP) is 3.14. The van der Waals surface area contributed by atoms with Crippen molar-refractivity contribution in [1.82, 2.24) is 14.5 Å². The third-order valence-corrected chi connectivity index (χ3v) is 3.36. The summed E-state index contributed by atoms with van der Waals surface area (Å²) in [5.41, 5.74) is 0.465. The van der Waals surface area contributed by atoms with Crippen molar-refractivity contribution in [2.24, 2.45) is 7.05 Å². The fraction of sp³-hybridized carbons (Fsp3) is 0.100. The SMILES string of the molecule is Cn1cc(Br)cc1C(=O)Nc1ncnc(Cl)c1Cl. The van der Waals surface area contributed by atoms with Crippen molar-refractivity contribution < 1.29 is 4.79 Å². The minimum absolute atomic E-state index is 0.0926. The topological polar surface area (TPSA) is 59.8 Å². The van der Waals surface area contributed by atoms with Crippen LogP contribution in [-0.4, -0.2) is 20.4 Å². The van der Waals surface area contributed by atoms with E-state index in [1.165, 1.54) is 6.33 Å². The van der Waals surface area contributed by atoms with E-state index < -0.39 is 0 Å². The van der Waals surface area contributed by atoms with Gasteiger partial charge in [0, 0.05) is 17.7 Å². The first-order valence-electron chi connectivity index (χ1n) is 4.78. The number of carbonyl (C=O) groups is 1. The number of amides is 1. The van der Waals surface area contributed by atoms with Gasteiger partial charge in [0.05, 0.1) is 0 Å². The van der Waals surface area contributed by atoms with Crippen LogP contribution in [0.15, 0.2) is 23.1 Å². The molecule has 0 bridgehead atoms. The molecule has 2 aromatic heterocycles. The summed E-state index contributed by atoms with van der Waals surface area (Å²) < 4.78 is 2.48. The molecule has 0 aliphatic rings. The molecule has 0 spiro atoms. The quantitative estimate of drug-likeness (QED) is 0.847. The van der Waals surface area contributed by atoms with Crippen molar-refractivity contribution in [3.63, 3.8) is 0 Å². The van der Waals surface area contributed by atoms with E-state index in [1.54, 1.807) is 23.9 Å². The van der Waals surface area contributed by atoms with E-state index in [9.17, 15) is 4.79 Å². The van der Waals surface area contributed by atoms with Crippen molar-refractivity contribution in [3.8, 4) is 0 Å². The summed E-state index contributed by atoms with van der Waals surface area (Å²) in [6, 6.07) is 1.69. The van der Waals surface area contributed by atoms with Crippen molar-refractivity contribution >= 4 is 50.9 Å². The largest absolute Gasteiger partial charge is 0.345 e. The number of hydrogen-bond donors (Lipinski definition) is 1. The highest BCUT2D eigenvalue weighted by atomic mass is 79.9. The van der Waals surface area contributed by atoms with Gasteiger partial charge in [0.2, 0.25) is 0 Å². The molecule has 0 saturated carbocycles. The first-order chi connectivity index (χ1) is 8.49. The molecule has 2 rings (SSSR count). The van der Waals surface area contributed by atoms with Gasteiger partial charge < -0.3 is 9.88 Å². The Morgan fingerprint density at radius 2 is 2.17 bits per heavy atom. The zero-order valence-corrected chi connectivity index (χ0v) is 12.2. The Hall–Kier alpha value is -1.11. The van der Waals surface area contributed by atoms with Crippen molar-refractivity contribution in [2.45, 2.75) is 0 Å². The van der Waals surface area contributed by atoms with Crippen LogP contribution in [0.4, 0.5) is 5.82 Å². The Bertz CT molecular complexity index is 614.